The number of fused-ring (bicyclic) bond motifs is 10. The first kappa shape index (κ1) is 35.4. The zero-order valence-corrected chi connectivity index (χ0v) is 34.2. The predicted molar refractivity (Wildman–Crippen MR) is 266 cm³/mol. The highest BCUT2D eigenvalue weighted by Crippen LogP contribution is 2.48. The summed E-state index contributed by atoms with van der Waals surface area (Å²) < 4.78 is 9.36. The molecule has 0 aliphatic carbocycles. The number of rotatable bonds is 6. The molecule has 3 nitrogen and oxygen atoms in total. The molecule has 0 atom stereocenters. The summed E-state index contributed by atoms with van der Waals surface area (Å²) in [5.41, 5.74) is 13.0. The average molecular weight is 803 g/mol. The topological polar surface area (TPSA) is 21.3 Å². The van der Waals surface area contributed by atoms with E-state index in [0.29, 0.717) is 0 Å². The number of aromatic nitrogens is 1. The van der Waals surface area contributed by atoms with E-state index in [2.05, 4.69) is 240 Å². The second kappa shape index (κ2) is 14.1. The number of nitrogens with zero attached hydrogens (tertiary/aromatic N) is 2. The summed E-state index contributed by atoms with van der Waals surface area (Å²) >= 11 is 0. The molecule has 0 bridgehead atoms. The Hall–Kier alpha value is -8.40. The lowest BCUT2D eigenvalue weighted by Gasteiger charge is -2.28. The van der Waals surface area contributed by atoms with E-state index in [9.17, 15) is 0 Å². The van der Waals surface area contributed by atoms with Crippen LogP contribution in [0.5, 0.6) is 0 Å². The summed E-state index contributed by atoms with van der Waals surface area (Å²) in [6, 6.07) is 83.4. The van der Waals surface area contributed by atoms with Crippen molar-refractivity contribution in [2.45, 2.75) is 0 Å². The molecule has 0 aliphatic heterocycles. The number of hydrogen-bond acceptors (Lipinski definition) is 2. The van der Waals surface area contributed by atoms with Crippen molar-refractivity contribution in [2.75, 3.05) is 4.90 Å². The minimum Gasteiger partial charge on any atom is -0.455 e. The van der Waals surface area contributed by atoms with Gasteiger partial charge in [-0.15, -0.1) is 0 Å². The van der Waals surface area contributed by atoms with Gasteiger partial charge in [0.25, 0.3) is 0 Å². The number of hydrogen-bond donors (Lipinski definition) is 0. The third-order valence-corrected chi connectivity index (χ3v) is 13.0. The van der Waals surface area contributed by atoms with E-state index >= 15 is 0 Å². The van der Waals surface area contributed by atoms with Crippen molar-refractivity contribution in [1.82, 2.24) is 4.57 Å². The molecule has 0 radical (unpaired) electrons. The fourth-order valence-corrected chi connectivity index (χ4v) is 10.1. The summed E-state index contributed by atoms with van der Waals surface area (Å²) in [7, 11) is 0. The van der Waals surface area contributed by atoms with Crippen LogP contribution in [0.15, 0.2) is 235 Å². The van der Waals surface area contributed by atoms with Crippen molar-refractivity contribution >= 4 is 93.1 Å². The van der Waals surface area contributed by atoms with Crippen molar-refractivity contribution in [2.24, 2.45) is 0 Å². The van der Waals surface area contributed by atoms with Crippen LogP contribution in [0, 0.1) is 0 Å². The Morgan fingerprint density at radius 1 is 0.349 bits per heavy atom. The molecule has 13 aromatic rings. The molecule has 63 heavy (non-hydrogen) atoms. The number of benzene rings is 11. The zero-order valence-electron chi connectivity index (χ0n) is 34.2. The summed E-state index contributed by atoms with van der Waals surface area (Å²) in [6.07, 6.45) is 0. The van der Waals surface area contributed by atoms with Gasteiger partial charge in [0, 0.05) is 38.5 Å². The molecule has 0 unspecified atom stereocenters. The van der Waals surface area contributed by atoms with Gasteiger partial charge in [0.15, 0.2) is 0 Å². The molecule has 0 spiro atoms. The van der Waals surface area contributed by atoms with Gasteiger partial charge in [-0.25, -0.2) is 0 Å². The molecule has 0 N–H and O–H groups in total. The standard InChI is InChI=1S/C60H38N2O/c1-4-21-46-39(15-1)17-14-29-54(46)61(43-33-31-40(32-34-43)53-38-42-16-2-3-20-45(42)48-22-5-6-23-49(48)53)57-36-35-47(60-59(57)52-26-9-12-30-58(52)63-60)41-18-13-19-44(37-41)62-55-27-10-7-24-50(55)51-25-8-11-28-56(51)62/h1-38H. The van der Waals surface area contributed by atoms with Crippen molar-refractivity contribution in [3.63, 3.8) is 0 Å². The van der Waals surface area contributed by atoms with Crippen LogP contribution in [0.2, 0.25) is 0 Å². The molecule has 0 fully saturated rings. The van der Waals surface area contributed by atoms with Crippen LogP contribution in [0.3, 0.4) is 0 Å². The predicted octanol–water partition coefficient (Wildman–Crippen LogP) is 16.9. The number of anilines is 3. The summed E-state index contributed by atoms with van der Waals surface area (Å²) in [6.45, 7) is 0. The Labute approximate surface area is 363 Å². The second-order valence-corrected chi connectivity index (χ2v) is 16.4. The van der Waals surface area contributed by atoms with Crippen LogP contribution in [-0.2, 0) is 0 Å². The Kier molecular flexibility index (Phi) is 7.91. The maximum Gasteiger partial charge on any atom is 0.145 e. The molecular formula is C60H38N2O. The molecule has 0 saturated carbocycles. The van der Waals surface area contributed by atoms with Crippen molar-refractivity contribution in [3.8, 4) is 27.9 Å². The van der Waals surface area contributed by atoms with Crippen LogP contribution in [0.25, 0.3) is 104 Å². The van der Waals surface area contributed by atoms with Crippen LogP contribution in [-0.4, -0.2) is 4.57 Å². The lowest BCUT2D eigenvalue weighted by atomic mass is 9.93. The maximum atomic E-state index is 6.98. The van der Waals surface area contributed by atoms with Gasteiger partial charge in [0.2, 0.25) is 0 Å². The average Bonchev–Trinajstić information content (AvgIpc) is 3.91. The van der Waals surface area contributed by atoms with Crippen LogP contribution in [0.1, 0.15) is 0 Å². The van der Waals surface area contributed by atoms with Gasteiger partial charge in [-0.1, -0.05) is 164 Å². The quantitative estimate of drug-likeness (QED) is 0.156. The fourth-order valence-electron chi connectivity index (χ4n) is 10.1. The SMILES string of the molecule is c1cc(-c2ccc(N(c3ccc(-c4cc5ccccc5c5ccccc45)cc3)c3cccc4ccccc34)c3c2oc2ccccc23)cc(-n2c3ccccc3c3ccccc32)c1. The first-order valence-electron chi connectivity index (χ1n) is 21.6. The van der Waals surface area contributed by atoms with E-state index in [-0.39, 0.29) is 0 Å². The summed E-state index contributed by atoms with van der Waals surface area (Å²) in [4.78, 5) is 2.42. The monoisotopic (exact) mass is 802 g/mol. The highest BCUT2D eigenvalue weighted by atomic mass is 16.3. The van der Waals surface area contributed by atoms with Crippen LogP contribution in [0.4, 0.5) is 17.1 Å². The Balaban J connectivity index is 1.02. The molecule has 11 aromatic carbocycles. The molecular weight excluding hydrogens is 765 g/mol. The summed E-state index contributed by atoms with van der Waals surface area (Å²) in [5.74, 6) is 0. The molecule has 294 valence electrons. The van der Waals surface area contributed by atoms with E-state index in [1.807, 2.05) is 0 Å². The lowest BCUT2D eigenvalue weighted by Crippen LogP contribution is -2.11. The maximum absolute atomic E-state index is 6.98. The normalized spacial score (nSPS) is 11.8. The van der Waals surface area contributed by atoms with Gasteiger partial charge in [-0.05, 0) is 110 Å². The molecule has 2 aromatic heterocycles. The smallest absolute Gasteiger partial charge is 0.145 e. The van der Waals surface area contributed by atoms with Crippen molar-refractivity contribution in [1.29, 1.82) is 0 Å². The third kappa shape index (κ3) is 5.53. The summed E-state index contributed by atoms with van der Waals surface area (Å²) in [5, 5.41) is 12.0. The number of furan rings is 1. The molecule has 0 aliphatic rings. The Morgan fingerprint density at radius 2 is 0.952 bits per heavy atom. The van der Waals surface area contributed by atoms with Gasteiger partial charge in [-0.2, -0.15) is 0 Å². The van der Waals surface area contributed by atoms with Gasteiger partial charge >= 0.3 is 0 Å². The van der Waals surface area contributed by atoms with Gasteiger partial charge in [-0.3, -0.25) is 0 Å². The van der Waals surface area contributed by atoms with Gasteiger partial charge < -0.3 is 13.9 Å². The van der Waals surface area contributed by atoms with Crippen molar-refractivity contribution < 1.29 is 4.42 Å². The first-order chi connectivity index (χ1) is 31.3. The largest absolute Gasteiger partial charge is 0.455 e. The molecule has 0 saturated heterocycles. The Bertz CT molecular complexity index is 3870. The van der Waals surface area contributed by atoms with E-state index in [4.69, 9.17) is 4.42 Å². The third-order valence-electron chi connectivity index (χ3n) is 13.0. The number of para-hydroxylation sites is 3. The molecule has 3 heteroatoms. The minimum absolute atomic E-state index is 0.858. The van der Waals surface area contributed by atoms with Gasteiger partial charge in [0.1, 0.15) is 11.2 Å². The fraction of sp³-hybridized carbons (Fsp3) is 0. The second-order valence-electron chi connectivity index (χ2n) is 16.4. The van der Waals surface area contributed by atoms with E-state index in [1.165, 1.54) is 65.3 Å². The van der Waals surface area contributed by atoms with Crippen molar-refractivity contribution in [3.05, 3.63) is 231 Å². The van der Waals surface area contributed by atoms with Gasteiger partial charge in [0.05, 0.1) is 27.8 Å². The van der Waals surface area contributed by atoms with Crippen LogP contribution >= 0.6 is 0 Å². The zero-order chi connectivity index (χ0) is 41.4. The van der Waals surface area contributed by atoms with E-state index < -0.39 is 0 Å². The Morgan fingerprint density at radius 3 is 1.73 bits per heavy atom. The van der Waals surface area contributed by atoms with Crippen LogP contribution < -0.4 is 4.90 Å². The minimum atomic E-state index is 0.858. The van der Waals surface area contributed by atoms with E-state index in [0.717, 1.165) is 55.8 Å². The first-order valence-corrected chi connectivity index (χ1v) is 21.6. The van der Waals surface area contributed by atoms with E-state index in [1.54, 1.807) is 0 Å². The molecule has 0 amide bonds. The highest BCUT2D eigenvalue weighted by molar-refractivity contribution is 6.19. The molecule has 2 heterocycles. The lowest BCUT2D eigenvalue weighted by molar-refractivity contribution is 0.670. The highest BCUT2D eigenvalue weighted by Gasteiger charge is 2.24. The molecule has 13 rings (SSSR count).